The lowest BCUT2D eigenvalue weighted by Gasteiger charge is -2.36. The lowest BCUT2D eigenvalue weighted by molar-refractivity contribution is -0.274. The van der Waals surface area contributed by atoms with Crippen LogP contribution in [0.15, 0.2) is 59.5 Å². The summed E-state index contributed by atoms with van der Waals surface area (Å²) in [5.41, 5.74) is -0.159. The first-order valence-corrected chi connectivity index (χ1v) is 12.4. The average molecular weight is 552 g/mol. The Bertz CT molecular complexity index is 1450. The second-order valence-electron chi connectivity index (χ2n) is 8.91. The number of hydrogen-bond acceptors (Lipinski definition) is 5. The third-order valence-electron chi connectivity index (χ3n) is 6.54. The van der Waals surface area contributed by atoms with E-state index < -0.39 is 40.4 Å². The van der Waals surface area contributed by atoms with Gasteiger partial charge in [0.1, 0.15) is 17.3 Å². The predicted octanol–water partition coefficient (Wildman–Crippen LogP) is 6.73. The molecule has 0 saturated heterocycles. The molecular weight excluding hydrogens is 534 g/mol. The molecule has 1 N–H and O–H groups in total. The van der Waals surface area contributed by atoms with Crippen molar-refractivity contribution in [2.45, 2.75) is 48.7 Å². The fraction of sp³-hybridized carbons (Fsp3) is 0.280. The standard InChI is InChI=1S/C25H18F6N4O2S/c26-24(27,28)21-9-2-15-13-35(38(36)18-6-4-17(5-7-18)37-25(29,30)31)20-12-16(23(14-32)10-1-11-23)3-8-19(20)33-22(15)34-21/h2-9,12H,1,10-11,13H2,(H,33,34). The summed E-state index contributed by atoms with van der Waals surface area (Å²) in [5, 5.41) is 12.7. The molecule has 0 radical (unpaired) electrons. The molecule has 3 aromatic rings. The van der Waals surface area contributed by atoms with Gasteiger partial charge in [-0.3, -0.25) is 4.31 Å². The molecule has 1 aliphatic heterocycles. The van der Waals surface area contributed by atoms with Crippen molar-refractivity contribution in [3.8, 4) is 11.8 Å². The third-order valence-corrected chi connectivity index (χ3v) is 7.94. The maximum absolute atomic E-state index is 13.7. The molecule has 0 bridgehead atoms. The van der Waals surface area contributed by atoms with Gasteiger partial charge in [-0.2, -0.15) is 18.4 Å². The van der Waals surface area contributed by atoms with E-state index in [1.165, 1.54) is 22.5 Å². The molecule has 1 saturated carbocycles. The molecule has 2 heterocycles. The Morgan fingerprint density at radius 3 is 2.32 bits per heavy atom. The maximum Gasteiger partial charge on any atom is 0.573 e. The van der Waals surface area contributed by atoms with Gasteiger partial charge in [0.2, 0.25) is 0 Å². The van der Waals surface area contributed by atoms with E-state index in [9.17, 15) is 35.8 Å². The second kappa shape index (κ2) is 9.20. The van der Waals surface area contributed by atoms with Crippen LogP contribution in [0.25, 0.3) is 0 Å². The van der Waals surface area contributed by atoms with Crippen molar-refractivity contribution in [3.63, 3.8) is 0 Å². The molecule has 1 aliphatic carbocycles. The van der Waals surface area contributed by atoms with E-state index in [1.807, 2.05) is 0 Å². The first-order valence-electron chi connectivity index (χ1n) is 11.3. The largest absolute Gasteiger partial charge is 0.573 e. The smallest absolute Gasteiger partial charge is 0.406 e. The number of alkyl halides is 6. The molecule has 1 atom stereocenters. The van der Waals surface area contributed by atoms with Crippen molar-refractivity contribution in [1.29, 1.82) is 5.26 Å². The molecule has 0 amide bonds. The van der Waals surface area contributed by atoms with E-state index >= 15 is 0 Å². The molecule has 198 valence electrons. The molecule has 13 heteroatoms. The quantitative estimate of drug-likeness (QED) is 0.363. The van der Waals surface area contributed by atoms with Gasteiger partial charge in [0.05, 0.1) is 34.3 Å². The molecule has 1 aromatic heterocycles. The molecule has 5 rings (SSSR count). The van der Waals surface area contributed by atoms with Gasteiger partial charge in [-0.1, -0.05) is 12.1 Å². The highest BCUT2D eigenvalue weighted by atomic mass is 32.2. The highest BCUT2D eigenvalue weighted by Gasteiger charge is 2.40. The third kappa shape index (κ3) is 4.88. The van der Waals surface area contributed by atoms with Crippen molar-refractivity contribution in [2.75, 3.05) is 9.62 Å². The first-order chi connectivity index (χ1) is 17.9. The van der Waals surface area contributed by atoms with Gasteiger partial charge in [0, 0.05) is 5.56 Å². The molecule has 6 nitrogen and oxygen atoms in total. The number of halogens is 6. The van der Waals surface area contributed by atoms with Gasteiger partial charge < -0.3 is 10.1 Å². The maximum atomic E-state index is 13.7. The topological polar surface area (TPSA) is 78.2 Å². The van der Waals surface area contributed by atoms with Gasteiger partial charge in [-0.15, -0.1) is 13.2 Å². The monoisotopic (exact) mass is 552 g/mol. The van der Waals surface area contributed by atoms with Crippen molar-refractivity contribution in [1.82, 2.24) is 4.98 Å². The van der Waals surface area contributed by atoms with Gasteiger partial charge in [-0.25, -0.2) is 9.19 Å². The molecule has 1 fully saturated rings. The lowest BCUT2D eigenvalue weighted by Crippen LogP contribution is -2.33. The number of pyridine rings is 1. The number of aromatic nitrogens is 1. The van der Waals surface area contributed by atoms with Gasteiger partial charge in [-0.05, 0) is 67.3 Å². The highest BCUT2D eigenvalue weighted by molar-refractivity contribution is 7.86. The Morgan fingerprint density at radius 1 is 1.03 bits per heavy atom. The number of hydrogen-bond donors (Lipinski definition) is 1. The number of nitrogens with one attached hydrogen (secondary N) is 1. The SMILES string of the molecule is N#CC1(c2ccc3c(c2)N(S(=O)c2ccc(OC(F)(F)F)cc2)Cc2ccc(C(F)(F)F)nc2N3)CCC1. The fourth-order valence-electron chi connectivity index (χ4n) is 4.42. The number of fused-ring (bicyclic) bond motifs is 2. The van der Waals surface area contributed by atoms with Crippen LogP contribution in [0.3, 0.4) is 0 Å². The van der Waals surface area contributed by atoms with Crippen LogP contribution in [0.2, 0.25) is 0 Å². The van der Waals surface area contributed by atoms with Crippen LogP contribution in [-0.2, 0) is 29.1 Å². The first kappa shape index (κ1) is 25.8. The Balaban J connectivity index is 1.58. The van der Waals surface area contributed by atoms with Crippen molar-refractivity contribution in [2.24, 2.45) is 0 Å². The van der Waals surface area contributed by atoms with Crippen LogP contribution in [0.5, 0.6) is 5.75 Å². The molecule has 0 spiro atoms. The zero-order chi connectivity index (χ0) is 27.3. The van der Waals surface area contributed by atoms with Gasteiger partial charge >= 0.3 is 12.5 Å². The summed E-state index contributed by atoms with van der Waals surface area (Å²) in [7, 11) is -2.00. The number of nitriles is 1. The van der Waals surface area contributed by atoms with Crippen molar-refractivity contribution >= 4 is 28.2 Å². The second-order valence-corrected chi connectivity index (χ2v) is 10.3. The summed E-state index contributed by atoms with van der Waals surface area (Å²) in [6.07, 6.45) is -7.44. The summed E-state index contributed by atoms with van der Waals surface area (Å²) < 4.78 is 96.6. The Kier molecular flexibility index (Phi) is 6.25. The van der Waals surface area contributed by atoms with Crippen LogP contribution >= 0.6 is 0 Å². The Hall–Kier alpha value is -3.79. The number of benzene rings is 2. The van der Waals surface area contributed by atoms with E-state index in [0.717, 1.165) is 24.6 Å². The molecule has 2 aliphatic rings. The summed E-state index contributed by atoms with van der Waals surface area (Å²) in [4.78, 5) is 3.87. The minimum absolute atomic E-state index is 0.0686. The Morgan fingerprint density at radius 2 is 1.74 bits per heavy atom. The number of rotatable bonds is 4. The minimum Gasteiger partial charge on any atom is -0.406 e. The zero-order valence-electron chi connectivity index (χ0n) is 19.4. The molecule has 38 heavy (non-hydrogen) atoms. The summed E-state index contributed by atoms with van der Waals surface area (Å²) in [5.74, 6) is -0.561. The van der Waals surface area contributed by atoms with Crippen LogP contribution in [0.1, 0.15) is 36.1 Å². The average Bonchev–Trinajstić information content (AvgIpc) is 2.98. The van der Waals surface area contributed by atoms with E-state index in [-0.39, 0.29) is 17.3 Å². The molecular formula is C25H18F6N4O2S. The van der Waals surface area contributed by atoms with Gasteiger partial charge in [0.15, 0.2) is 11.0 Å². The lowest BCUT2D eigenvalue weighted by atomic mass is 9.65. The summed E-state index contributed by atoms with van der Waals surface area (Å²) in [6, 6.07) is 13.9. The van der Waals surface area contributed by atoms with E-state index in [0.29, 0.717) is 35.3 Å². The van der Waals surface area contributed by atoms with Crippen LogP contribution in [0, 0.1) is 11.3 Å². The molecule has 1 unspecified atom stereocenters. The number of anilines is 3. The van der Waals surface area contributed by atoms with E-state index in [2.05, 4.69) is 21.1 Å². The van der Waals surface area contributed by atoms with Crippen molar-refractivity contribution < 1.29 is 35.3 Å². The number of ether oxygens (including phenoxy) is 1. The zero-order valence-corrected chi connectivity index (χ0v) is 20.2. The van der Waals surface area contributed by atoms with E-state index in [1.54, 1.807) is 18.2 Å². The highest BCUT2D eigenvalue weighted by Crippen LogP contribution is 2.47. The Labute approximate surface area is 215 Å². The molecule has 2 aromatic carbocycles. The normalized spacial score (nSPS) is 17.1. The minimum atomic E-state index is -4.89. The summed E-state index contributed by atoms with van der Waals surface area (Å²) >= 11 is 0. The van der Waals surface area contributed by atoms with Crippen LogP contribution in [0.4, 0.5) is 43.5 Å². The predicted molar refractivity (Wildman–Crippen MR) is 126 cm³/mol. The van der Waals surface area contributed by atoms with Crippen molar-refractivity contribution in [3.05, 3.63) is 71.4 Å². The van der Waals surface area contributed by atoms with Gasteiger partial charge in [0.25, 0.3) is 0 Å². The van der Waals surface area contributed by atoms with Crippen LogP contribution in [-0.4, -0.2) is 15.6 Å². The van der Waals surface area contributed by atoms with E-state index in [4.69, 9.17) is 0 Å². The number of nitrogens with zero attached hydrogens (tertiary/aromatic N) is 3. The fourth-order valence-corrected chi connectivity index (χ4v) is 5.63. The van der Waals surface area contributed by atoms with Crippen LogP contribution < -0.4 is 14.4 Å². The summed E-state index contributed by atoms with van der Waals surface area (Å²) in [6.45, 7) is -0.128.